The van der Waals surface area contributed by atoms with E-state index >= 15 is 0 Å². The van der Waals surface area contributed by atoms with E-state index in [1.165, 1.54) is 19.3 Å². The average molecular weight is 328 g/mol. The van der Waals surface area contributed by atoms with Gasteiger partial charge in [0.25, 0.3) is 0 Å². The maximum Gasteiger partial charge on any atom is 0.327 e. The van der Waals surface area contributed by atoms with Gasteiger partial charge in [0.2, 0.25) is 0 Å². The van der Waals surface area contributed by atoms with E-state index in [4.69, 9.17) is 4.99 Å². The number of amidine groups is 1. The van der Waals surface area contributed by atoms with Crippen molar-refractivity contribution in [1.82, 2.24) is 9.88 Å². The highest BCUT2D eigenvalue weighted by Gasteiger charge is 2.49. The molecule has 0 bridgehead atoms. The van der Waals surface area contributed by atoms with E-state index in [9.17, 15) is 4.79 Å². The molecule has 5 heteroatoms. The van der Waals surface area contributed by atoms with Crippen LogP contribution in [-0.2, 0) is 0 Å². The third-order valence-corrected chi connectivity index (χ3v) is 5.58. The molecule has 3 heterocycles. The topological polar surface area (TPSA) is 57.6 Å². The number of nitrogens with zero attached hydrogens (tertiary/aromatic N) is 3. The summed E-state index contributed by atoms with van der Waals surface area (Å²) in [6.45, 7) is 9.60. The number of aromatic nitrogens is 1. The maximum atomic E-state index is 12.5. The molecule has 3 rings (SSSR count). The predicted octanol–water partition coefficient (Wildman–Crippen LogP) is 4.30. The number of hydrogen-bond donors (Lipinski definition) is 1. The predicted molar refractivity (Wildman–Crippen MR) is 97.4 cm³/mol. The molecule has 24 heavy (non-hydrogen) atoms. The molecule has 2 amide bonds. The Kier molecular flexibility index (Phi) is 4.61. The van der Waals surface area contributed by atoms with Gasteiger partial charge in [-0.2, -0.15) is 0 Å². The Labute approximate surface area is 144 Å². The molecule has 5 nitrogen and oxygen atoms in total. The molecule has 2 unspecified atom stereocenters. The van der Waals surface area contributed by atoms with Crippen LogP contribution in [0.25, 0.3) is 0 Å². The fraction of sp³-hybridized carbons (Fsp3) is 0.632. The maximum absolute atomic E-state index is 12.5. The molecule has 1 aromatic rings. The van der Waals surface area contributed by atoms with E-state index in [0.29, 0.717) is 18.4 Å². The highest BCUT2D eigenvalue weighted by atomic mass is 16.2. The average Bonchev–Trinajstić information content (AvgIpc) is 2.98. The van der Waals surface area contributed by atoms with Gasteiger partial charge in [0.15, 0.2) is 5.84 Å². The Hall–Kier alpha value is -1.91. The Morgan fingerprint density at radius 2 is 2.12 bits per heavy atom. The monoisotopic (exact) mass is 328 g/mol. The second kappa shape index (κ2) is 6.54. The van der Waals surface area contributed by atoms with Gasteiger partial charge in [-0.1, -0.05) is 47.0 Å². The standard InChI is InChI=1S/C19H28N4O/c1-5-6-7-9-14(4)19(13(2)3)12-23-17(22-19)16-15(21-18(23)24)10-8-11-20-16/h8,10-11,13-14H,5-7,9,12H2,1-4H3,(H,21,24). The lowest BCUT2D eigenvalue weighted by atomic mass is 9.74. The lowest BCUT2D eigenvalue weighted by Gasteiger charge is -2.37. The van der Waals surface area contributed by atoms with Crippen LogP contribution in [0.2, 0.25) is 0 Å². The number of nitrogens with one attached hydrogen (secondary N) is 1. The van der Waals surface area contributed by atoms with E-state index in [-0.39, 0.29) is 11.6 Å². The number of unbranched alkanes of at least 4 members (excludes halogenated alkanes) is 2. The molecule has 2 atom stereocenters. The van der Waals surface area contributed by atoms with E-state index < -0.39 is 0 Å². The summed E-state index contributed by atoms with van der Waals surface area (Å²) in [6.07, 6.45) is 6.60. The largest absolute Gasteiger partial charge is 0.327 e. The molecule has 2 aliphatic rings. The minimum atomic E-state index is -0.223. The zero-order valence-corrected chi connectivity index (χ0v) is 15.2. The van der Waals surface area contributed by atoms with Crippen molar-refractivity contribution in [3.63, 3.8) is 0 Å². The second-order valence-electron chi connectivity index (χ2n) is 7.39. The van der Waals surface area contributed by atoms with E-state index in [2.05, 4.69) is 38.0 Å². The normalized spacial score (nSPS) is 23.6. The summed E-state index contributed by atoms with van der Waals surface area (Å²) in [4.78, 5) is 23.9. The van der Waals surface area contributed by atoms with E-state index in [1.54, 1.807) is 11.1 Å². The molecule has 1 N–H and O–H groups in total. The first-order valence-corrected chi connectivity index (χ1v) is 9.13. The van der Waals surface area contributed by atoms with Crippen molar-refractivity contribution in [3.8, 4) is 0 Å². The minimum Gasteiger partial charge on any atom is -0.305 e. The molecule has 130 valence electrons. The number of urea groups is 1. The minimum absolute atomic E-state index is 0.0856. The first-order valence-electron chi connectivity index (χ1n) is 9.13. The van der Waals surface area contributed by atoms with Crippen molar-refractivity contribution >= 4 is 17.6 Å². The van der Waals surface area contributed by atoms with Crippen molar-refractivity contribution in [2.75, 3.05) is 11.9 Å². The van der Waals surface area contributed by atoms with Gasteiger partial charge in [-0.15, -0.1) is 0 Å². The highest BCUT2D eigenvalue weighted by Crippen LogP contribution is 2.41. The Bertz CT molecular complexity index is 655. The zero-order valence-electron chi connectivity index (χ0n) is 15.2. The highest BCUT2D eigenvalue weighted by molar-refractivity contribution is 6.18. The summed E-state index contributed by atoms with van der Waals surface area (Å²) in [6, 6.07) is 3.64. The Morgan fingerprint density at radius 1 is 1.33 bits per heavy atom. The van der Waals surface area contributed by atoms with Gasteiger partial charge in [0.1, 0.15) is 5.69 Å². The lowest BCUT2D eigenvalue weighted by molar-refractivity contribution is 0.180. The van der Waals surface area contributed by atoms with Gasteiger partial charge in [0, 0.05) is 6.20 Å². The fourth-order valence-corrected chi connectivity index (χ4v) is 3.93. The Morgan fingerprint density at radius 3 is 2.83 bits per heavy atom. The zero-order chi connectivity index (χ0) is 17.3. The third kappa shape index (κ3) is 2.70. The molecule has 0 fully saturated rings. The summed E-state index contributed by atoms with van der Waals surface area (Å²) in [5.41, 5.74) is 1.33. The van der Waals surface area contributed by atoms with Crippen molar-refractivity contribution in [2.45, 2.75) is 58.9 Å². The summed E-state index contributed by atoms with van der Waals surface area (Å²) in [7, 11) is 0. The van der Waals surface area contributed by atoms with E-state index in [1.807, 2.05) is 12.1 Å². The fourth-order valence-electron chi connectivity index (χ4n) is 3.93. The number of rotatable bonds is 6. The molecule has 0 spiro atoms. The van der Waals surface area contributed by atoms with Gasteiger partial charge < -0.3 is 5.32 Å². The first kappa shape index (κ1) is 16.9. The van der Waals surface area contributed by atoms with Gasteiger partial charge in [-0.05, 0) is 30.4 Å². The number of fused-ring (bicyclic) bond motifs is 3. The van der Waals surface area contributed by atoms with Crippen LogP contribution in [0.3, 0.4) is 0 Å². The van der Waals surface area contributed by atoms with Crippen molar-refractivity contribution in [1.29, 1.82) is 0 Å². The molecule has 0 aliphatic carbocycles. The van der Waals surface area contributed by atoms with Crippen molar-refractivity contribution in [3.05, 3.63) is 24.0 Å². The smallest absolute Gasteiger partial charge is 0.305 e. The summed E-state index contributed by atoms with van der Waals surface area (Å²) in [5.74, 6) is 1.54. The van der Waals surface area contributed by atoms with Crippen LogP contribution < -0.4 is 5.32 Å². The van der Waals surface area contributed by atoms with Crippen LogP contribution in [-0.4, -0.2) is 33.8 Å². The number of carbonyl (C=O) groups is 1. The molecule has 1 aromatic heterocycles. The van der Waals surface area contributed by atoms with Gasteiger partial charge in [-0.25, -0.2) is 4.79 Å². The van der Waals surface area contributed by atoms with Crippen LogP contribution in [0.1, 0.15) is 59.1 Å². The first-order chi connectivity index (χ1) is 11.5. The molecule has 0 aromatic carbocycles. The summed E-state index contributed by atoms with van der Waals surface area (Å²) < 4.78 is 0. The van der Waals surface area contributed by atoms with Crippen LogP contribution in [0.5, 0.6) is 0 Å². The number of hydrogen-bond acceptors (Lipinski definition) is 3. The van der Waals surface area contributed by atoms with Crippen LogP contribution in [0.15, 0.2) is 23.3 Å². The number of carbonyl (C=O) groups excluding carboxylic acids is 1. The van der Waals surface area contributed by atoms with Gasteiger partial charge in [0.05, 0.1) is 17.8 Å². The third-order valence-electron chi connectivity index (χ3n) is 5.58. The summed E-state index contributed by atoms with van der Waals surface area (Å²) >= 11 is 0. The molecule has 2 aliphatic heterocycles. The van der Waals surface area contributed by atoms with Crippen LogP contribution in [0, 0.1) is 11.8 Å². The second-order valence-corrected chi connectivity index (χ2v) is 7.39. The van der Waals surface area contributed by atoms with Crippen molar-refractivity contribution in [2.24, 2.45) is 16.8 Å². The van der Waals surface area contributed by atoms with Gasteiger partial charge in [-0.3, -0.25) is 14.9 Å². The number of amides is 2. The molecular weight excluding hydrogens is 300 g/mol. The van der Waals surface area contributed by atoms with Gasteiger partial charge >= 0.3 is 6.03 Å². The van der Waals surface area contributed by atoms with E-state index in [0.717, 1.165) is 23.6 Å². The lowest BCUT2D eigenvalue weighted by Crippen LogP contribution is -2.49. The molecule has 0 saturated carbocycles. The molecule has 0 radical (unpaired) electrons. The van der Waals surface area contributed by atoms with Crippen molar-refractivity contribution < 1.29 is 4.79 Å². The molecule has 0 saturated heterocycles. The quantitative estimate of drug-likeness (QED) is 0.792. The number of aliphatic imine (C=N–C) groups is 1. The molecular formula is C19H28N4O. The number of pyridine rings is 1. The van der Waals surface area contributed by atoms with Crippen LogP contribution >= 0.6 is 0 Å². The SMILES string of the molecule is CCCCCC(C)C1(C(C)C)CN2C(=O)Nc3cccnc3C2=N1. The summed E-state index contributed by atoms with van der Waals surface area (Å²) in [5, 5.41) is 2.94. The number of anilines is 1. The Balaban J connectivity index is 1.97. The van der Waals surface area contributed by atoms with Crippen LogP contribution in [0.4, 0.5) is 10.5 Å².